The molecule has 0 fully saturated rings. The highest BCUT2D eigenvalue weighted by Crippen LogP contribution is 2.09. The Labute approximate surface area is 130 Å². The molecule has 0 atom stereocenters. The van der Waals surface area contributed by atoms with E-state index in [-0.39, 0.29) is 10.8 Å². The Morgan fingerprint density at radius 1 is 0.625 bits per heavy atom. The molecule has 0 unspecified atom stereocenters. The second-order valence-electron chi connectivity index (χ2n) is 4.97. The van der Waals surface area contributed by atoms with Gasteiger partial charge in [0.05, 0.1) is 16.0 Å². The van der Waals surface area contributed by atoms with Crippen LogP contribution in [0.3, 0.4) is 0 Å². The third kappa shape index (κ3) is 1.80. The molecule has 8 heteroatoms. The number of hydrogen-bond acceptors (Lipinski definition) is 6. The molecular weight excluding hydrogens is 320 g/mol. The number of carbonyl (C=O) groups is 2. The first-order chi connectivity index (χ1) is 11.3. The summed E-state index contributed by atoms with van der Waals surface area (Å²) in [5.41, 5.74) is -7.58. The molecule has 2 aliphatic carbocycles. The van der Waals surface area contributed by atoms with Gasteiger partial charge in [-0.3, -0.25) is 19.2 Å². The fourth-order valence-electron chi connectivity index (χ4n) is 2.71. The van der Waals surface area contributed by atoms with E-state index in [9.17, 15) is 33.9 Å². The SMILES string of the molecule is O=C(O)c1c(C(=O)O)c2c(=O)c3ccccc3c(=O)c=2c(=O)c1=O. The van der Waals surface area contributed by atoms with Gasteiger partial charge in [-0.05, 0) is 0 Å². The largest absolute Gasteiger partial charge is 0.478 e. The van der Waals surface area contributed by atoms with Crippen LogP contribution in [0.25, 0.3) is 10.8 Å². The van der Waals surface area contributed by atoms with Gasteiger partial charge in [-0.1, -0.05) is 24.3 Å². The molecule has 0 aliphatic heterocycles. The van der Waals surface area contributed by atoms with Crippen LogP contribution in [-0.2, 0) is 0 Å². The van der Waals surface area contributed by atoms with E-state index in [0.717, 1.165) is 0 Å². The molecule has 2 N–H and O–H groups in total. The van der Waals surface area contributed by atoms with E-state index in [1.165, 1.54) is 24.3 Å². The number of rotatable bonds is 2. The van der Waals surface area contributed by atoms with Crippen molar-refractivity contribution < 1.29 is 19.8 Å². The molecule has 0 aromatic heterocycles. The summed E-state index contributed by atoms with van der Waals surface area (Å²) in [6, 6.07) is 5.36. The van der Waals surface area contributed by atoms with Crippen molar-refractivity contribution in [3.05, 3.63) is 86.7 Å². The monoisotopic (exact) mass is 326 g/mol. The summed E-state index contributed by atoms with van der Waals surface area (Å²) in [5, 5.41) is 16.3. The molecule has 0 bridgehead atoms. The summed E-state index contributed by atoms with van der Waals surface area (Å²) in [6.45, 7) is 0. The molecule has 0 heterocycles. The topological polar surface area (TPSA) is 143 Å². The third-order valence-corrected chi connectivity index (χ3v) is 3.71. The zero-order chi connectivity index (χ0) is 17.8. The Bertz CT molecular complexity index is 1330. The Morgan fingerprint density at radius 3 is 1.54 bits per heavy atom. The van der Waals surface area contributed by atoms with Gasteiger partial charge in [0.1, 0.15) is 5.56 Å². The lowest BCUT2D eigenvalue weighted by Crippen LogP contribution is -2.38. The average molecular weight is 326 g/mol. The van der Waals surface area contributed by atoms with Crippen molar-refractivity contribution in [1.82, 2.24) is 0 Å². The Kier molecular flexibility index (Phi) is 3.12. The third-order valence-electron chi connectivity index (χ3n) is 3.71. The highest BCUT2D eigenvalue weighted by molar-refractivity contribution is 6.02. The van der Waals surface area contributed by atoms with E-state index < -0.39 is 55.2 Å². The summed E-state index contributed by atoms with van der Waals surface area (Å²) >= 11 is 0. The van der Waals surface area contributed by atoms with Crippen molar-refractivity contribution in [1.29, 1.82) is 0 Å². The van der Waals surface area contributed by atoms with Crippen LogP contribution in [0.2, 0.25) is 0 Å². The minimum absolute atomic E-state index is 0.147. The van der Waals surface area contributed by atoms with Crippen LogP contribution in [-0.4, -0.2) is 22.2 Å². The van der Waals surface area contributed by atoms with Gasteiger partial charge in [-0.15, -0.1) is 0 Å². The predicted molar refractivity (Wildman–Crippen MR) is 80.6 cm³/mol. The maximum atomic E-state index is 12.6. The Hall–Kier alpha value is -3.68. The highest BCUT2D eigenvalue weighted by Gasteiger charge is 2.27. The zero-order valence-electron chi connectivity index (χ0n) is 11.7. The second kappa shape index (κ2) is 4.92. The van der Waals surface area contributed by atoms with Crippen LogP contribution < -0.4 is 21.7 Å². The van der Waals surface area contributed by atoms with E-state index in [2.05, 4.69) is 0 Å². The highest BCUT2D eigenvalue weighted by atomic mass is 16.4. The van der Waals surface area contributed by atoms with E-state index in [0.29, 0.717) is 0 Å². The second-order valence-corrected chi connectivity index (χ2v) is 4.97. The first-order valence-electron chi connectivity index (χ1n) is 6.50. The van der Waals surface area contributed by atoms with E-state index >= 15 is 0 Å². The number of aromatic carboxylic acids is 2. The van der Waals surface area contributed by atoms with Gasteiger partial charge in [-0.25, -0.2) is 9.59 Å². The molecule has 0 radical (unpaired) electrons. The number of fused-ring (bicyclic) bond motifs is 1. The zero-order valence-corrected chi connectivity index (χ0v) is 11.7. The summed E-state index contributed by atoms with van der Waals surface area (Å²) in [4.78, 5) is 71.8. The van der Waals surface area contributed by atoms with Gasteiger partial charge in [0, 0.05) is 10.8 Å². The first-order valence-corrected chi connectivity index (χ1v) is 6.50. The van der Waals surface area contributed by atoms with Crippen LogP contribution >= 0.6 is 0 Å². The normalized spacial score (nSPS) is 11.0. The van der Waals surface area contributed by atoms with Crippen molar-refractivity contribution in [2.24, 2.45) is 0 Å². The summed E-state index contributed by atoms with van der Waals surface area (Å²) < 4.78 is 0. The van der Waals surface area contributed by atoms with Gasteiger partial charge in [0.15, 0.2) is 10.9 Å². The van der Waals surface area contributed by atoms with Gasteiger partial charge in [0.25, 0.3) is 0 Å². The summed E-state index contributed by atoms with van der Waals surface area (Å²) in [7, 11) is 0. The van der Waals surface area contributed by atoms with Crippen LogP contribution in [0.4, 0.5) is 0 Å². The van der Waals surface area contributed by atoms with E-state index in [1.54, 1.807) is 0 Å². The molecule has 0 spiro atoms. The molecule has 0 saturated carbocycles. The van der Waals surface area contributed by atoms with Crippen molar-refractivity contribution in [3.63, 3.8) is 0 Å². The lowest BCUT2D eigenvalue weighted by atomic mass is 9.97. The minimum atomic E-state index is -1.96. The van der Waals surface area contributed by atoms with Gasteiger partial charge in [-0.2, -0.15) is 0 Å². The number of carboxylic acids is 2. The van der Waals surface area contributed by atoms with E-state index in [4.69, 9.17) is 5.11 Å². The molecule has 1 aromatic carbocycles. The minimum Gasteiger partial charge on any atom is -0.478 e. The Morgan fingerprint density at radius 2 is 1.08 bits per heavy atom. The lowest BCUT2D eigenvalue weighted by molar-refractivity contribution is 0.0649. The van der Waals surface area contributed by atoms with Crippen LogP contribution in [0.15, 0.2) is 43.4 Å². The molecule has 3 rings (SSSR count). The maximum absolute atomic E-state index is 12.6. The molecule has 24 heavy (non-hydrogen) atoms. The van der Waals surface area contributed by atoms with Gasteiger partial charge in [0.2, 0.25) is 10.9 Å². The van der Waals surface area contributed by atoms with Crippen molar-refractivity contribution in [2.45, 2.75) is 0 Å². The molecule has 1 aromatic rings. The molecule has 0 amide bonds. The predicted octanol–water partition coefficient (Wildman–Crippen LogP) is -0.723. The van der Waals surface area contributed by atoms with Crippen molar-refractivity contribution in [2.75, 3.05) is 0 Å². The van der Waals surface area contributed by atoms with Crippen molar-refractivity contribution in [3.8, 4) is 0 Å². The van der Waals surface area contributed by atoms with Crippen LogP contribution in [0.1, 0.15) is 20.7 Å². The summed E-state index contributed by atoms with van der Waals surface area (Å²) in [5.74, 6) is -3.85. The first kappa shape index (κ1) is 15.2. The van der Waals surface area contributed by atoms with Crippen LogP contribution in [0, 0.1) is 10.4 Å². The fourth-order valence-corrected chi connectivity index (χ4v) is 2.71. The summed E-state index contributed by atoms with van der Waals surface area (Å²) in [6.07, 6.45) is 0. The molecule has 8 nitrogen and oxygen atoms in total. The average Bonchev–Trinajstić information content (AvgIpc) is 2.53. The standard InChI is InChI=1S/C16H6O8/c17-11-5-3-1-2-4-6(5)12(18)9-7(11)8(15(21)22)10(16(23)24)14(20)13(9)19/h1-4H,(H,21,22)(H,23,24). The van der Waals surface area contributed by atoms with Crippen LogP contribution in [0.5, 0.6) is 0 Å². The quantitative estimate of drug-likeness (QED) is 0.587. The van der Waals surface area contributed by atoms with Crippen molar-refractivity contribution >= 4 is 22.7 Å². The number of hydrogen-bond donors (Lipinski definition) is 2. The molecule has 118 valence electrons. The fraction of sp³-hybridized carbons (Fsp3) is 0. The number of carboxylic acid groups (broad SMARTS) is 2. The van der Waals surface area contributed by atoms with Gasteiger partial charge < -0.3 is 10.2 Å². The molecule has 2 aliphatic rings. The van der Waals surface area contributed by atoms with Gasteiger partial charge >= 0.3 is 11.9 Å². The van der Waals surface area contributed by atoms with E-state index in [1.807, 2.05) is 0 Å². The Balaban J connectivity index is 2.98. The number of benzene rings is 1. The molecular formula is C16H6O8. The molecule has 0 saturated heterocycles. The lowest BCUT2D eigenvalue weighted by Gasteiger charge is -2.03. The maximum Gasteiger partial charge on any atom is 0.340 e. The smallest absolute Gasteiger partial charge is 0.340 e.